The number of rotatable bonds is 6. The number of carbonyl (C=O) groups is 1. The third-order valence-corrected chi connectivity index (χ3v) is 5.67. The molecule has 3 heterocycles. The topological polar surface area (TPSA) is 110 Å². The van der Waals surface area contributed by atoms with E-state index in [4.69, 9.17) is 10.3 Å². The van der Waals surface area contributed by atoms with Crippen LogP contribution in [0.3, 0.4) is 0 Å². The number of nitrogens with zero attached hydrogens (tertiary/aromatic N) is 5. The predicted molar refractivity (Wildman–Crippen MR) is 105 cm³/mol. The van der Waals surface area contributed by atoms with E-state index in [9.17, 15) is 13.6 Å². The first-order valence-electron chi connectivity index (χ1n) is 9.88. The molecule has 158 valence electrons. The lowest BCUT2D eigenvalue weighted by Gasteiger charge is -2.37. The van der Waals surface area contributed by atoms with Gasteiger partial charge in [0.2, 0.25) is 5.89 Å². The first-order valence-corrected chi connectivity index (χ1v) is 9.88. The van der Waals surface area contributed by atoms with Gasteiger partial charge in [0.05, 0.1) is 23.4 Å². The number of amides is 1. The highest BCUT2D eigenvalue weighted by molar-refractivity contribution is 5.98. The van der Waals surface area contributed by atoms with Gasteiger partial charge >= 0.3 is 6.43 Å². The number of nitrogens with two attached hydrogens (primary N) is 1. The zero-order chi connectivity index (χ0) is 21.1. The van der Waals surface area contributed by atoms with Crippen LogP contribution < -0.4 is 5.84 Å². The Labute approximate surface area is 171 Å². The fourth-order valence-electron chi connectivity index (χ4n) is 4.25. The molecule has 1 aliphatic carbocycles. The largest absolute Gasteiger partial charge is 0.415 e. The van der Waals surface area contributed by atoms with E-state index in [0.29, 0.717) is 29.3 Å². The zero-order valence-corrected chi connectivity index (χ0v) is 16.2. The van der Waals surface area contributed by atoms with E-state index in [1.165, 1.54) is 12.4 Å². The van der Waals surface area contributed by atoms with Gasteiger partial charge in [0.1, 0.15) is 0 Å². The molecule has 1 fully saturated rings. The van der Waals surface area contributed by atoms with Crippen molar-refractivity contribution in [3.63, 3.8) is 0 Å². The highest BCUT2D eigenvalue weighted by Crippen LogP contribution is 2.36. The first-order chi connectivity index (χ1) is 14.6. The van der Waals surface area contributed by atoms with Crippen LogP contribution in [-0.4, -0.2) is 38.2 Å². The van der Waals surface area contributed by atoms with E-state index in [1.807, 2.05) is 17.1 Å². The number of allylic oxidation sites excluding steroid dienone is 2. The number of pyridine rings is 1. The van der Waals surface area contributed by atoms with Gasteiger partial charge in [-0.3, -0.25) is 9.78 Å². The van der Waals surface area contributed by atoms with E-state index in [-0.39, 0.29) is 17.8 Å². The summed E-state index contributed by atoms with van der Waals surface area (Å²) in [7, 11) is 0. The molecule has 8 nitrogen and oxygen atoms in total. The summed E-state index contributed by atoms with van der Waals surface area (Å²) in [5.74, 6) is 4.54. The average molecular weight is 416 g/mol. The van der Waals surface area contributed by atoms with Gasteiger partial charge in [0.25, 0.3) is 11.8 Å². The van der Waals surface area contributed by atoms with E-state index in [0.717, 1.165) is 32.1 Å². The molecule has 0 spiro atoms. The molecule has 10 heteroatoms. The molecule has 0 bridgehead atoms. The van der Waals surface area contributed by atoms with Crippen molar-refractivity contribution in [2.75, 3.05) is 0 Å². The molecule has 0 aromatic carbocycles. The minimum atomic E-state index is -2.85. The Morgan fingerprint density at radius 3 is 2.93 bits per heavy atom. The minimum absolute atomic E-state index is 0.0749. The number of carbonyl (C=O) groups excluding carboxylic acids is 1. The standard InChI is InChI=1S/C20H22F2N6O2/c21-17(22)19-27-26-18(30-19)13-9-14-15(24-10-13)11-28(20(14)29)16-7-2-1-5-12(16)6-3-4-8-25-23/h3-4,8-10,12,16-17H,1-2,5-7,11,23H2/b4-3-,25-8-/t12-,16-/m0/s1. The normalized spacial score (nSPS) is 22.0. The number of hydrogen-bond donors (Lipinski definition) is 1. The lowest BCUT2D eigenvalue weighted by Crippen LogP contribution is -2.42. The molecule has 2 aliphatic rings. The van der Waals surface area contributed by atoms with Crippen LogP contribution in [0.2, 0.25) is 0 Å². The van der Waals surface area contributed by atoms with Gasteiger partial charge in [-0.25, -0.2) is 0 Å². The van der Waals surface area contributed by atoms with Crippen molar-refractivity contribution < 1.29 is 18.0 Å². The van der Waals surface area contributed by atoms with Gasteiger partial charge in [-0.1, -0.05) is 18.9 Å². The molecule has 1 amide bonds. The van der Waals surface area contributed by atoms with Crippen LogP contribution in [0, 0.1) is 5.92 Å². The summed E-state index contributed by atoms with van der Waals surface area (Å²) >= 11 is 0. The minimum Gasteiger partial charge on any atom is -0.415 e. The Morgan fingerprint density at radius 1 is 1.33 bits per heavy atom. The van der Waals surface area contributed by atoms with E-state index >= 15 is 0 Å². The second-order valence-electron chi connectivity index (χ2n) is 7.47. The number of halogens is 2. The number of hydrogen-bond acceptors (Lipinski definition) is 7. The summed E-state index contributed by atoms with van der Waals surface area (Å²) in [5.41, 5.74) is 1.49. The van der Waals surface area contributed by atoms with Gasteiger partial charge in [-0.15, -0.1) is 10.2 Å². The highest BCUT2D eigenvalue weighted by atomic mass is 19.3. The molecule has 2 aromatic heterocycles. The van der Waals surface area contributed by atoms with Crippen molar-refractivity contribution in [2.24, 2.45) is 16.9 Å². The molecular weight excluding hydrogens is 394 g/mol. The monoisotopic (exact) mass is 416 g/mol. The first kappa shape index (κ1) is 20.1. The van der Waals surface area contributed by atoms with Crippen LogP contribution in [-0.2, 0) is 6.54 Å². The molecule has 2 aromatic rings. The van der Waals surface area contributed by atoms with Crippen LogP contribution in [0.15, 0.2) is 33.9 Å². The summed E-state index contributed by atoms with van der Waals surface area (Å²) in [5, 5.41) is 10.4. The molecule has 2 atom stereocenters. The molecule has 2 N–H and O–H groups in total. The van der Waals surface area contributed by atoms with Crippen molar-refractivity contribution in [3.05, 3.63) is 41.6 Å². The maximum absolute atomic E-state index is 13.2. The van der Waals surface area contributed by atoms with Crippen molar-refractivity contribution >= 4 is 12.1 Å². The zero-order valence-electron chi connectivity index (χ0n) is 16.2. The van der Waals surface area contributed by atoms with Gasteiger partial charge in [0.15, 0.2) is 0 Å². The average Bonchev–Trinajstić information content (AvgIpc) is 3.37. The Hall–Kier alpha value is -3.17. The maximum atomic E-state index is 13.2. The second-order valence-corrected chi connectivity index (χ2v) is 7.47. The SMILES string of the molecule is N/N=C\C=C/C[C@@H]1CCCC[C@@H]1N1Cc2ncc(-c3nnc(C(F)F)o3)cc2C1=O. The maximum Gasteiger partial charge on any atom is 0.314 e. The van der Waals surface area contributed by atoms with Crippen molar-refractivity contribution in [2.45, 2.75) is 51.1 Å². The molecule has 30 heavy (non-hydrogen) atoms. The quantitative estimate of drug-likeness (QED) is 0.439. The molecule has 0 saturated heterocycles. The Kier molecular flexibility index (Phi) is 5.82. The smallest absolute Gasteiger partial charge is 0.314 e. The summed E-state index contributed by atoms with van der Waals surface area (Å²) in [6.45, 7) is 0.440. The summed E-state index contributed by atoms with van der Waals surface area (Å²) in [4.78, 5) is 19.4. The molecular formula is C20H22F2N6O2. The fraction of sp³-hybridized carbons (Fsp3) is 0.450. The summed E-state index contributed by atoms with van der Waals surface area (Å²) in [6.07, 6.45) is 9.06. The Bertz CT molecular complexity index is 974. The van der Waals surface area contributed by atoms with Gasteiger partial charge in [-0.2, -0.15) is 13.9 Å². The van der Waals surface area contributed by atoms with Gasteiger partial charge in [-0.05, 0) is 37.3 Å². The lowest BCUT2D eigenvalue weighted by molar-refractivity contribution is 0.0561. The molecule has 4 rings (SSSR count). The number of hydrazone groups is 1. The van der Waals surface area contributed by atoms with E-state index in [1.54, 1.807) is 6.07 Å². The van der Waals surface area contributed by atoms with Crippen molar-refractivity contribution in [1.82, 2.24) is 20.1 Å². The fourth-order valence-corrected chi connectivity index (χ4v) is 4.25. The van der Waals surface area contributed by atoms with Crippen LogP contribution in [0.4, 0.5) is 8.78 Å². The molecule has 1 aliphatic heterocycles. The highest BCUT2D eigenvalue weighted by Gasteiger charge is 2.38. The second kappa shape index (κ2) is 8.68. The van der Waals surface area contributed by atoms with E-state index in [2.05, 4.69) is 20.3 Å². The number of alkyl halides is 2. The summed E-state index contributed by atoms with van der Waals surface area (Å²) in [6, 6.07) is 1.72. The van der Waals surface area contributed by atoms with E-state index < -0.39 is 12.3 Å². The number of fused-ring (bicyclic) bond motifs is 1. The third-order valence-electron chi connectivity index (χ3n) is 5.67. The van der Waals surface area contributed by atoms with Crippen LogP contribution in [0.1, 0.15) is 60.5 Å². The molecule has 0 unspecified atom stereocenters. The predicted octanol–water partition coefficient (Wildman–Crippen LogP) is 3.47. The van der Waals surface area contributed by atoms with Crippen molar-refractivity contribution in [1.29, 1.82) is 0 Å². The third kappa shape index (κ3) is 3.94. The molecule has 0 radical (unpaired) electrons. The lowest BCUT2D eigenvalue weighted by atomic mass is 9.81. The van der Waals surface area contributed by atoms with Crippen LogP contribution in [0.25, 0.3) is 11.5 Å². The van der Waals surface area contributed by atoms with Crippen LogP contribution >= 0.6 is 0 Å². The molecule has 1 saturated carbocycles. The Morgan fingerprint density at radius 2 is 2.17 bits per heavy atom. The Balaban J connectivity index is 1.53. The summed E-state index contributed by atoms with van der Waals surface area (Å²) < 4.78 is 30.4. The van der Waals surface area contributed by atoms with Crippen LogP contribution in [0.5, 0.6) is 0 Å². The van der Waals surface area contributed by atoms with Crippen molar-refractivity contribution in [3.8, 4) is 11.5 Å². The number of aromatic nitrogens is 3. The van der Waals surface area contributed by atoms with Gasteiger partial charge in [0, 0.05) is 18.5 Å². The van der Waals surface area contributed by atoms with Gasteiger partial charge < -0.3 is 15.2 Å².